The van der Waals surface area contributed by atoms with E-state index in [1.165, 1.54) is 93.5 Å². The summed E-state index contributed by atoms with van der Waals surface area (Å²) in [7, 11) is 0. The second-order valence-electron chi connectivity index (χ2n) is 20.6. The highest BCUT2D eigenvalue weighted by molar-refractivity contribution is 7.02. The van der Waals surface area contributed by atoms with Gasteiger partial charge in [0, 0.05) is 51.0 Å². The fraction of sp³-hybridized carbons (Fsp3) is 0.0435. The predicted molar refractivity (Wildman–Crippen MR) is 318 cm³/mol. The normalized spacial score (nSPS) is 13.0. The lowest BCUT2D eigenvalue weighted by molar-refractivity contribution is 0.488. The number of fused-ring (bicyclic) bond motifs is 9. The molecule has 3 aliphatic rings. The monoisotopic (exact) mass is 957 g/mol. The van der Waals surface area contributed by atoms with Gasteiger partial charge in [0.05, 0.1) is 16.7 Å². The molecule has 0 atom stereocenters. The molecule has 0 radical (unpaired) electrons. The maximum absolute atomic E-state index is 7.17. The Hall–Kier alpha value is -9.25. The number of nitrogens with zero attached hydrogens (tertiary/aromatic N) is 3. The van der Waals surface area contributed by atoms with Gasteiger partial charge in [-0.1, -0.05) is 198 Å². The second kappa shape index (κ2) is 16.9. The molecule has 6 heteroatoms. The molecule has 1 aromatic heterocycles. The number of hydrogen-bond donors (Lipinski definition) is 0. The molecular formula is C69H49B2N3O. The molecule has 0 bridgehead atoms. The first-order valence-electron chi connectivity index (χ1n) is 26.1. The van der Waals surface area contributed by atoms with Crippen LogP contribution in [0.2, 0.25) is 0 Å². The maximum Gasteiger partial charge on any atom is 0.252 e. The largest absolute Gasteiger partial charge is 0.458 e. The van der Waals surface area contributed by atoms with Crippen molar-refractivity contribution in [1.82, 2.24) is 4.57 Å². The quantitative estimate of drug-likeness (QED) is 0.155. The first-order chi connectivity index (χ1) is 36.9. The molecule has 0 amide bonds. The minimum Gasteiger partial charge on any atom is -0.458 e. The molecule has 15 rings (SSSR count). The molecule has 0 saturated carbocycles. The van der Waals surface area contributed by atoms with Gasteiger partial charge in [-0.3, -0.25) is 0 Å². The third-order valence-electron chi connectivity index (χ3n) is 16.1. The zero-order valence-corrected chi connectivity index (χ0v) is 42.0. The van der Waals surface area contributed by atoms with Crippen LogP contribution in [0.1, 0.15) is 16.7 Å². The van der Waals surface area contributed by atoms with E-state index in [9.17, 15) is 0 Å². The summed E-state index contributed by atoms with van der Waals surface area (Å²) in [4.78, 5) is 5.08. The summed E-state index contributed by atoms with van der Waals surface area (Å²) in [5.74, 6) is 1.78. The Balaban J connectivity index is 1.08. The molecule has 0 spiro atoms. The van der Waals surface area contributed by atoms with E-state index in [4.69, 9.17) is 4.74 Å². The number of hydrogen-bond acceptors (Lipinski definition) is 3. The first-order valence-corrected chi connectivity index (χ1v) is 26.1. The Morgan fingerprint density at radius 3 is 1.53 bits per heavy atom. The van der Waals surface area contributed by atoms with Gasteiger partial charge >= 0.3 is 0 Å². The molecule has 4 nitrogen and oxygen atoms in total. The number of benzene rings is 11. The van der Waals surface area contributed by atoms with Gasteiger partial charge in [-0.15, -0.1) is 0 Å². The molecule has 0 N–H and O–H groups in total. The standard InChI is InChI=1S/C69H49B2N3O/c1-44-36-45(2)68(46(3)37-44)71-57-30-15-18-33-66(57)75-67-43-63-58(42-59(67)71)70-56-35-34-50(48-22-9-5-10-23-48)39-62(56)73(52-27-19-24-49(38-52)47-20-7-4-8-21-47)65-41-53(40-64(69(65)70)72(63)51-25-11-6-12-26-51)74-60-31-16-13-28-54(60)55-29-14-17-32-61(55)74/h4-43H,1-3H3. The van der Waals surface area contributed by atoms with Gasteiger partial charge in [-0.05, 0) is 131 Å². The molecule has 352 valence electrons. The topological polar surface area (TPSA) is 20.6 Å². The van der Waals surface area contributed by atoms with Crippen LogP contribution in [0.25, 0.3) is 49.7 Å². The Kier molecular flexibility index (Phi) is 9.77. The van der Waals surface area contributed by atoms with Crippen LogP contribution in [0.15, 0.2) is 243 Å². The number of anilines is 6. The van der Waals surface area contributed by atoms with Gasteiger partial charge in [-0.25, -0.2) is 0 Å². The van der Waals surface area contributed by atoms with Crippen molar-refractivity contribution >= 4 is 102 Å². The molecule has 12 aromatic rings. The highest BCUT2D eigenvalue weighted by atomic mass is 16.5. The van der Waals surface area contributed by atoms with Crippen molar-refractivity contribution in [1.29, 1.82) is 0 Å². The Bertz CT molecular complexity index is 4210. The molecular weight excluding hydrogens is 908 g/mol. The second-order valence-corrected chi connectivity index (χ2v) is 20.6. The van der Waals surface area contributed by atoms with E-state index in [1.807, 2.05) is 0 Å². The Morgan fingerprint density at radius 1 is 0.320 bits per heavy atom. The van der Waals surface area contributed by atoms with Crippen molar-refractivity contribution in [2.24, 2.45) is 0 Å². The lowest BCUT2D eigenvalue weighted by Gasteiger charge is -2.45. The van der Waals surface area contributed by atoms with E-state index in [-0.39, 0.29) is 13.4 Å². The third kappa shape index (κ3) is 6.72. The number of rotatable bonds is 6. The predicted octanol–water partition coefficient (Wildman–Crippen LogP) is 13.7. The smallest absolute Gasteiger partial charge is 0.252 e. The van der Waals surface area contributed by atoms with Gasteiger partial charge in [0.15, 0.2) is 0 Å². The molecule has 4 heterocycles. The highest BCUT2D eigenvalue weighted by Gasteiger charge is 2.46. The Morgan fingerprint density at radius 2 is 0.853 bits per heavy atom. The lowest BCUT2D eigenvalue weighted by atomic mass is 9.30. The van der Waals surface area contributed by atoms with Gasteiger partial charge in [0.2, 0.25) is 0 Å². The number of para-hydroxylation sites is 4. The van der Waals surface area contributed by atoms with Crippen molar-refractivity contribution in [3.8, 4) is 39.4 Å². The maximum atomic E-state index is 7.17. The average Bonchev–Trinajstić information content (AvgIpc) is 3.80. The van der Waals surface area contributed by atoms with E-state index in [0.29, 0.717) is 0 Å². The summed E-state index contributed by atoms with van der Waals surface area (Å²) in [6.07, 6.45) is 0. The summed E-state index contributed by atoms with van der Waals surface area (Å²) in [5, 5.41) is 2.45. The van der Waals surface area contributed by atoms with Crippen molar-refractivity contribution in [2.75, 3.05) is 9.80 Å². The van der Waals surface area contributed by atoms with E-state index in [2.05, 4.69) is 278 Å². The van der Waals surface area contributed by atoms with Gasteiger partial charge in [0.1, 0.15) is 11.5 Å². The van der Waals surface area contributed by atoms with Crippen molar-refractivity contribution < 1.29 is 4.74 Å². The molecule has 3 aliphatic heterocycles. The first kappa shape index (κ1) is 43.3. The van der Waals surface area contributed by atoms with Crippen LogP contribution >= 0.6 is 0 Å². The number of ether oxygens (including phenoxy) is 1. The summed E-state index contributed by atoms with van der Waals surface area (Å²) in [5.41, 5.74) is 26.2. The number of aryl methyl sites for hydroxylation is 3. The molecule has 11 aromatic carbocycles. The van der Waals surface area contributed by atoms with Crippen LogP contribution < -0.4 is 47.3 Å². The van der Waals surface area contributed by atoms with Crippen LogP contribution in [-0.4, -0.2) is 18.0 Å². The third-order valence-corrected chi connectivity index (χ3v) is 16.1. The minimum absolute atomic E-state index is 0.0414. The van der Waals surface area contributed by atoms with Gasteiger partial charge < -0.3 is 19.1 Å². The van der Waals surface area contributed by atoms with Crippen molar-refractivity contribution in [2.45, 2.75) is 20.8 Å². The lowest BCUT2D eigenvalue weighted by Crippen LogP contribution is -2.63. The minimum atomic E-state index is -0.145. The van der Waals surface area contributed by atoms with Crippen LogP contribution in [-0.2, 0) is 0 Å². The molecule has 0 aliphatic carbocycles. The van der Waals surface area contributed by atoms with Gasteiger partial charge in [0.25, 0.3) is 13.4 Å². The molecule has 0 unspecified atom stereocenters. The summed E-state index contributed by atoms with van der Waals surface area (Å²) >= 11 is 0. The van der Waals surface area contributed by atoms with E-state index >= 15 is 0 Å². The summed E-state index contributed by atoms with van der Waals surface area (Å²) in [6, 6.07) is 89.8. The van der Waals surface area contributed by atoms with Crippen LogP contribution in [0.3, 0.4) is 0 Å². The molecule has 75 heavy (non-hydrogen) atoms. The van der Waals surface area contributed by atoms with Gasteiger partial charge in [-0.2, -0.15) is 0 Å². The summed E-state index contributed by atoms with van der Waals surface area (Å²) < 4.78 is 9.65. The fourth-order valence-corrected chi connectivity index (χ4v) is 13.1. The molecule has 0 saturated heterocycles. The molecule has 0 fully saturated rings. The summed E-state index contributed by atoms with van der Waals surface area (Å²) in [6.45, 7) is 6.58. The van der Waals surface area contributed by atoms with Crippen molar-refractivity contribution in [3.63, 3.8) is 0 Å². The fourth-order valence-electron chi connectivity index (χ4n) is 13.1. The average molecular weight is 958 g/mol. The zero-order chi connectivity index (χ0) is 49.9. The SMILES string of the molecule is Cc1cc(C)c(B2c3ccccc3Oc3cc4c(cc32)B2c3ccc(-c5ccccc5)cc3N(c3cccc(-c5ccccc5)c3)c3cc(-n5c6ccccc6c6ccccc65)cc(c32)N4c2ccccc2)c(C)c1. The van der Waals surface area contributed by atoms with Crippen LogP contribution in [0, 0.1) is 20.8 Å². The number of aromatic nitrogens is 1. The van der Waals surface area contributed by atoms with Crippen LogP contribution in [0.4, 0.5) is 34.1 Å². The Labute approximate surface area is 438 Å². The van der Waals surface area contributed by atoms with E-state index < -0.39 is 0 Å². The highest BCUT2D eigenvalue weighted by Crippen LogP contribution is 2.48. The van der Waals surface area contributed by atoms with Crippen molar-refractivity contribution in [3.05, 3.63) is 259 Å². The van der Waals surface area contributed by atoms with E-state index in [1.54, 1.807) is 0 Å². The zero-order valence-electron chi connectivity index (χ0n) is 42.0. The van der Waals surface area contributed by atoms with Crippen LogP contribution in [0.5, 0.6) is 11.5 Å². The van der Waals surface area contributed by atoms with E-state index in [0.717, 1.165) is 51.3 Å².